The summed E-state index contributed by atoms with van der Waals surface area (Å²) in [5, 5.41) is 0.637. The molecule has 0 saturated carbocycles. The van der Waals surface area contributed by atoms with Crippen LogP contribution in [0.2, 0.25) is 5.02 Å². The Morgan fingerprint density at radius 1 is 1.29 bits per heavy atom. The summed E-state index contributed by atoms with van der Waals surface area (Å²) in [4.78, 5) is 27.6. The van der Waals surface area contributed by atoms with Gasteiger partial charge in [0.2, 0.25) is 0 Å². The molecule has 0 unspecified atom stereocenters. The Bertz CT molecular complexity index is 667. The summed E-state index contributed by atoms with van der Waals surface area (Å²) in [5.41, 5.74) is -0.278. The largest absolute Gasteiger partial charge is 0.492 e. The number of aromatic amines is 1. The lowest BCUT2D eigenvalue weighted by molar-refractivity contribution is 0.0772. The Balaban J connectivity index is 1.88. The number of rotatable bonds is 5. The Morgan fingerprint density at radius 2 is 2.00 bits per heavy atom. The van der Waals surface area contributed by atoms with Crippen molar-refractivity contribution in [2.75, 3.05) is 20.2 Å². The van der Waals surface area contributed by atoms with Crippen molar-refractivity contribution >= 4 is 17.5 Å². The van der Waals surface area contributed by atoms with Gasteiger partial charge in [-0.3, -0.25) is 9.59 Å². The predicted molar refractivity (Wildman–Crippen MR) is 81.0 cm³/mol. The molecule has 0 fully saturated rings. The molecule has 0 saturated heterocycles. The fourth-order valence-corrected chi connectivity index (χ4v) is 1.85. The van der Waals surface area contributed by atoms with Gasteiger partial charge in [-0.05, 0) is 36.4 Å². The van der Waals surface area contributed by atoms with Gasteiger partial charge in [0.05, 0.1) is 6.54 Å². The van der Waals surface area contributed by atoms with Crippen LogP contribution in [0.5, 0.6) is 5.75 Å². The third-order valence-electron chi connectivity index (χ3n) is 2.90. The highest BCUT2D eigenvalue weighted by Gasteiger charge is 2.14. The molecule has 0 spiro atoms. The number of benzene rings is 1. The zero-order chi connectivity index (χ0) is 15.2. The average molecular weight is 307 g/mol. The van der Waals surface area contributed by atoms with Crippen LogP contribution in [0.1, 0.15) is 10.4 Å². The van der Waals surface area contributed by atoms with E-state index in [9.17, 15) is 9.59 Å². The summed E-state index contributed by atoms with van der Waals surface area (Å²) < 4.78 is 5.51. The van der Waals surface area contributed by atoms with Crippen molar-refractivity contribution in [1.82, 2.24) is 9.88 Å². The fraction of sp³-hybridized carbons (Fsp3) is 0.200. The van der Waals surface area contributed by atoms with E-state index in [1.54, 1.807) is 37.4 Å². The number of likely N-dealkylation sites (N-methyl/N-ethyl adjacent to an activating group) is 1. The number of halogens is 1. The number of nitrogens with one attached hydrogen (secondary N) is 1. The number of carbonyl (C=O) groups is 1. The van der Waals surface area contributed by atoms with Crippen molar-refractivity contribution in [3.8, 4) is 5.75 Å². The van der Waals surface area contributed by atoms with Gasteiger partial charge < -0.3 is 14.6 Å². The van der Waals surface area contributed by atoms with Gasteiger partial charge in [0.1, 0.15) is 17.9 Å². The highest BCUT2D eigenvalue weighted by Crippen LogP contribution is 2.15. The lowest BCUT2D eigenvalue weighted by atomic mass is 10.2. The van der Waals surface area contributed by atoms with Gasteiger partial charge >= 0.3 is 0 Å². The molecular formula is C15H15ClN2O3. The van der Waals surface area contributed by atoms with E-state index in [0.717, 1.165) is 0 Å². The van der Waals surface area contributed by atoms with Gasteiger partial charge in [-0.15, -0.1) is 0 Å². The highest BCUT2D eigenvalue weighted by molar-refractivity contribution is 6.30. The van der Waals surface area contributed by atoms with Crippen molar-refractivity contribution in [3.05, 3.63) is 63.5 Å². The first-order chi connectivity index (χ1) is 10.1. The minimum absolute atomic E-state index is 0.117. The average Bonchev–Trinajstić information content (AvgIpc) is 2.49. The van der Waals surface area contributed by atoms with Crippen molar-refractivity contribution < 1.29 is 9.53 Å². The van der Waals surface area contributed by atoms with Crippen LogP contribution in [-0.2, 0) is 0 Å². The van der Waals surface area contributed by atoms with Crippen LogP contribution in [0.25, 0.3) is 0 Å². The van der Waals surface area contributed by atoms with Crippen molar-refractivity contribution in [2.45, 2.75) is 0 Å². The number of hydrogen-bond acceptors (Lipinski definition) is 3. The number of pyridine rings is 1. The molecule has 0 aliphatic heterocycles. The molecule has 0 aliphatic rings. The smallest absolute Gasteiger partial charge is 0.260 e. The van der Waals surface area contributed by atoms with Gasteiger partial charge in [0.15, 0.2) is 0 Å². The van der Waals surface area contributed by atoms with Crippen LogP contribution in [0.4, 0.5) is 0 Å². The molecule has 1 heterocycles. The van der Waals surface area contributed by atoms with Crippen molar-refractivity contribution in [3.63, 3.8) is 0 Å². The maximum absolute atomic E-state index is 12.1. The minimum Gasteiger partial charge on any atom is -0.492 e. The molecule has 2 aromatic rings. The second-order valence-corrected chi connectivity index (χ2v) is 4.88. The van der Waals surface area contributed by atoms with E-state index in [1.807, 2.05) is 0 Å². The topological polar surface area (TPSA) is 62.4 Å². The van der Waals surface area contributed by atoms with Crippen LogP contribution in [0.3, 0.4) is 0 Å². The molecular weight excluding hydrogens is 292 g/mol. The Kier molecular flexibility index (Phi) is 5.00. The quantitative estimate of drug-likeness (QED) is 0.921. The summed E-state index contributed by atoms with van der Waals surface area (Å²) in [6.45, 7) is 0.699. The third-order valence-corrected chi connectivity index (χ3v) is 3.16. The zero-order valence-corrected chi connectivity index (χ0v) is 12.3. The Hall–Kier alpha value is -2.27. The number of ether oxygens (including phenoxy) is 1. The third kappa shape index (κ3) is 4.10. The lowest BCUT2D eigenvalue weighted by Crippen LogP contribution is -2.34. The number of nitrogens with zero attached hydrogens (tertiary/aromatic N) is 1. The molecule has 0 bridgehead atoms. The molecule has 1 amide bonds. The molecule has 110 valence electrons. The summed E-state index contributed by atoms with van der Waals surface area (Å²) in [6.07, 6.45) is 1.49. The number of hydrogen-bond donors (Lipinski definition) is 1. The van der Waals surface area contributed by atoms with Gasteiger partial charge in [0, 0.05) is 18.3 Å². The summed E-state index contributed by atoms with van der Waals surface area (Å²) >= 11 is 5.78. The summed E-state index contributed by atoms with van der Waals surface area (Å²) in [7, 11) is 1.62. The normalized spacial score (nSPS) is 10.2. The lowest BCUT2D eigenvalue weighted by Gasteiger charge is -2.17. The van der Waals surface area contributed by atoms with Gasteiger partial charge in [-0.2, -0.15) is 0 Å². The van der Waals surface area contributed by atoms with Crippen molar-refractivity contribution in [1.29, 1.82) is 0 Å². The fourth-order valence-electron chi connectivity index (χ4n) is 1.73. The maximum atomic E-state index is 12.1. The summed E-state index contributed by atoms with van der Waals surface area (Å²) in [5.74, 6) is 0.342. The second-order valence-electron chi connectivity index (χ2n) is 4.44. The molecule has 6 heteroatoms. The van der Waals surface area contributed by atoms with Crippen LogP contribution in [-0.4, -0.2) is 36.0 Å². The molecule has 1 N–H and O–H groups in total. The van der Waals surface area contributed by atoms with E-state index in [-0.39, 0.29) is 11.5 Å². The SMILES string of the molecule is CN(CCOc1ccc(Cl)cc1)C(=O)c1ccc[nH]c1=O. The predicted octanol–water partition coefficient (Wildman–Crippen LogP) is 2.18. The maximum Gasteiger partial charge on any atom is 0.260 e. The Morgan fingerprint density at radius 3 is 2.67 bits per heavy atom. The molecule has 0 atom stereocenters. The highest BCUT2D eigenvalue weighted by atomic mass is 35.5. The van der Waals surface area contributed by atoms with Crippen LogP contribution < -0.4 is 10.3 Å². The van der Waals surface area contributed by atoms with Crippen LogP contribution in [0.15, 0.2) is 47.4 Å². The van der Waals surface area contributed by atoms with E-state index in [2.05, 4.69) is 4.98 Å². The van der Waals surface area contributed by atoms with Gasteiger partial charge in [0.25, 0.3) is 11.5 Å². The minimum atomic E-state index is -0.395. The van der Waals surface area contributed by atoms with Crippen LogP contribution >= 0.6 is 11.6 Å². The number of aromatic nitrogens is 1. The van der Waals surface area contributed by atoms with E-state index < -0.39 is 5.56 Å². The molecule has 1 aromatic heterocycles. The van der Waals surface area contributed by atoms with E-state index >= 15 is 0 Å². The first-order valence-corrected chi connectivity index (χ1v) is 6.77. The molecule has 21 heavy (non-hydrogen) atoms. The molecule has 0 radical (unpaired) electrons. The second kappa shape index (κ2) is 6.95. The zero-order valence-electron chi connectivity index (χ0n) is 11.5. The molecule has 0 aliphatic carbocycles. The summed E-state index contributed by atoms with van der Waals surface area (Å²) in [6, 6.07) is 10.1. The molecule has 5 nitrogen and oxygen atoms in total. The first kappa shape index (κ1) is 15.1. The van der Waals surface area contributed by atoms with Gasteiger partial charge in [-0.1, -0.05) is 11.6 Å². The van der Waals surface area contributed by atoms with E-state index in [1.165, 1.54) is 17.2 Å². The van der Waals surface area contributed by atoms with Crippen LogP contribution in [0, 0.1) is 0 Å². The van der Waals surface area contributed by atoms with E-state index in [0.29, 0.717) is 23.9 Å². The molecule has 2 rings (SSSR count). The van der Waals surface area contributed by atoms with Crippen molar-refractivity contribution in [2.24, 2.45) is 0 Å². The number of carbonyl (C=O) groups excluding carboxylic acids is 1. The first-order valence-electron chi connectivity index (χ1n) is 6.39. The molecule has 1 aromatic carbocycles. The standard InChI is InChI=1S/C15H15ClN2O3/c1-18(15(20)13-3-2-8-17-14(13)19)9-10-21-12-6-4-11(16)5-7-12/h2-8H,9-10H2,1H3,(H,17,19). The number of amides is 1. The Labute approximate surface area is 127 Å². The van der Waals surface area contributed by atoms with E-state index in [4.69, 9.17) is 16.3 Å². The number of H-pyrrole nitrogens is 1. The van der Waals surface area contributed by atoms with Gasteiger partial charge in [-0.25, -0.2) is 0 Å². The monoisotopic (exact) mass is 306 g/mol.